The van der Waals surface area contributed by atoms with E-state index < -0.39 is 5.91 Å². The highest BCUT2D eigenvalue weighted by Crippen LogP contribution is 2.27. The summed E-state index contributed by atoms with van der Waals surface area (Å²) in [5.41, 5.74) is 6.58. The van der Waals surface area contributed by atoms with Crippen molar-refractivity contribution in [3.63, 3.8) is 0 Å². The number of carbonyl (C=O) groups excluding carboxylic acids is 1. The Labute approximate surface area is 119 Å². The van der Waals surface area contributed by atoms with Crippen molar-refractivity contribution in [1.29, 1.82) is 0 Å². The quantitative estimate of drug-likeness (QED) is 0.827. The number of primary amides is 1. The fraction of sp³-hybridized carbons (Fsp3) is 0.533. The van der Waals surface area contributed by atoms with Crippen molar-refractivity contribution in [3.8, 4) is 0 Å². The van der Waals surface area contributed by atoms with Crippen molar-refractivity contribution in [3.05, 3.63) is 28.8 Å². The number of nitrogens with two attached hydrogens (primary N) is 1. The lowest BCUT2D eigenvalue weighted by Crippen LogP contribution is -2.18. The molecule has 1 amide bonds. The molecule has 2 rings (SSSR count). The van der Waals surface area contributed by atoms with Gasteiger partial charge in [-0.3, -0.25) is 4.79 Å². The summed E-state index contributed by atoms with van der Waals surface area (Å²) in [6.07, 6.45) is 6.24. The standard InChI is InChI=1S/C15H21ClN2O/c1-10-3-2-4-11(6-5-10)18-12-7-8-13(15(17)19)14(16)9-12/h7-11,18H,2-6H2,1H3,(H2,17,19). The second-order valence-electron chi connectivity index (χ2n) is 5.51. The van der Waals surface area contributed by atoms with E-state index in [0.29, 0.717) is 16.6 Å². The van der Waals surface area contributed by atoms with Gasteiger partial charge in [-0.15, -0.1) is 0 Å². The molecule has 0 aromatic heterocycles. The van der Waals surface area contributed by atoms with Gasteiger partial charge in [-0.1, -0.05) is 31.4 Å². The SMILES string of the molecule is CC1CCCC(Nc2ccc(C(N)=O)c(Cl)c2)CC1. The van der Waals surface area contributed by atoms with E-state index >= 15 is 0 Å². The zero-order valence-electron chi connectivity index (χ0n) is 11.3. The van der Waals surface area contributed by atoms with Crippen molar-refractivity contribution in [1.82, 2.24) is 0 Å². The molecule has 104 valence electrons. The fourth-order valence-electron chi connectivity index (χ4n) is 2.67. The Morgan fingerprint density at radius 2 is 2.11 bits per heavy atom. The van der Waals surface area contributed by atoms with Crippen LogP contribution in [0.2, 0.25) is 5.02 Å². The predicted octanol–water partition coefficient (Wildman–Crippen LogP) is 3.82. The molecule has 0 aliphatic heterocycles. The summed E-state index contributed by atoms with van der Waals surface area (Å²) in [5, 5.41) is 3.93. The molecule has 1 aromatic carbocycles. The summed E-state index contributed by atoms with van der Waals surface area (Å²) in [7, 11) is 0. The van der Waals surface area contributed by atoms with Crippen LogP contribution < -0.4 is 11.1 Å². The molecule has 0 heterocycles. The van der Waals surface area contributed by atoms with Crippen molar-refractivity contribution in [2.75, 3.05) is 5.32 Å². The van der Waals surface area contributed by atoms with Crippen LogP contribution in [0.15, 0.2) is 18.2 Å². The lowest BCUT2D eigenvalue weighted by atomic mass is 10.0. The minimum absolute atomic E-state index is 0.377. The third-order valence-electron chi connectivity index (χ3n) is 3.86. The molecule has 2 atom stereocenters. The number of nitrogens with one attached hydrogen (secondary N) is 1. The van der Waals surface area contributed by atoms with Crippen molar-refractivity contribution in [2.45, 2.75) is 45.1 Å². The molecule has 4 heteroatoms. The Balaban J connectivity index is 2.03. The van der Waals surface area contributed by atoms with Gasteiger partial charge in [0.15, 0.2) is 0 Å². The van der Waals surface area contributed by atoms with E-state index in [1.54, 1.807) is 12.1 Å². The van der Waals surface area contributed by atoms with Crippen LogP contribution in [-0.2, 0) is 0 Å². The van der Waals surface area contributed by atoms with Crippen molar-refractivity contribution < 1.29 is 4.79 Å². The molecule has 19 heavy (non-hydrogen) atoms. The first-order valence-electron chi connectivity index (χ1n) is 6.92. The number of hydrogen-bond acceptors (Lipinski definition) is 2. The van der Waals surface area contributed by atoms with E-state index in [4.69, 9.17) is 17.3 Å². The molecule has 3 nitrogen and oxygen atoms in total. The van der Waals surface area contributed by atoms with E-state index in [1.165, 1.54) is 32.1 Å². The van der Waals surface area contributed by atoms with Gasteiger partial charge >= 0.3 is 0 Å². The highest BCUT2D eigenvalue weighted by molar-refractivity contribution is 6.34. The predicted molar refractivity (Wildman–Crippen MR) is 79.6 cm³/mol. The summed E-state index contributed by atoms with van der Waals surface area (Å²) >= 11 is 6.06. The summed E-state index contributed by atoms with van der Waals surface area (Å²) in [6.45, 7) is 2.32. The minimum atomic E-state index is -0.486. The zero-order chi connectivity index (χ0) is 13.8. The third-order valence-corrected chi connectivity index (χ3v) is 4.18. The number of amides is 1. The average molecular weight is 281 g/mol. The van der Waals surface area contributed by atoms with Crippen LogP contribution in [-0.4, -0.2) is 11.9 Å². The third kappa shape index (κ3) is 3.87. The molecular formula is C15H21ClN2O. The molecule has 3 N–H and O–H groups in total. The van der Waals surface area contributed by atoms with E-state index in [-0.39, 0.29) is 0 Å². The van der Waals surface area contributed by atoms with Gasteiger partial charge in [-0.25, -0.2) is 0 Å². The number of halogens is 1. The minimum Gasteiger partial charge on any atom is -0.382 e. The molecule has 0 bridgehead atoms. The molecule has 0 saturated heterocycles. The van der Waals surface area contributed by atoms with E-state index in [1.807, 2.05) is 6.07 Å². The number of hydrogen-bond donors (Lipinski definition) is 2. The first kappa shape index (κ1) is 14.2. The number of benzene rings is 1. The summed E-state index contributed by atoms with van der Waals surface area (Å²) in [6, 6.07) is 5.85. The Morgan fingerprint density at radius 1 is 1.32 bits per heavy atom. The van der Waals surface area contributed by atoms with E-state index in [9.17, 15) is 4.79 Å². The Morgan fingerprint density at radius 3 is 2.79 bits per heavy atom. The average Bonchev–Trinajstić information content (AvgIpc) is 2.54. The monoisotopic (exact) mass is 280 g/mol. The number of carbonyl (C=O) groups is 1. The molecule has 1 aromatic rings. The second-order valence-corrected chi connectivity index (χ2v) is 5.92. The Bertz CT molecular complexity index is 461. The van der Waals surface area contributed by atoms with Crippen LogP contribution in [0, 0.1) is 5.92 Å². The largest absolute Gasteiger partial charge is 0.382 e. The second kappa shape index (κ2) is 6.29. The van der Waals surface area contributed by atoms with Crippen LogP contribution >= 0.6 is 11.6 Å². The Kier molecular flexibility index (Phi) is 4.70. The van der Waals surface area contributed by atoms with Crippen LogP contribution in [0.5, 0.6) is 0 Å². The number of anilines is 1. The van der Waals surface area contributed by atoms with Gasteiger partial charge in [0, 0.05) is 11.7 Å². The van der Waals surface area contributed by atoms with Gasteiger partial charge < -0.3 is 11.1 Å². The summed E-state index contributed by atoms with van der Waals surface area (Å²) in [5.74, 6) is 0.340. The molecule has 1 saturated carbocycles. The van der Waals surface area contributed by atoms with Gasteiger partial charge in [-0.2, -0.15) is 0 Å². The van der Waals surface area contributed by atoms with E-state index in [0.717, 1.165) is 11.6 Å². The maximum Gasteiger partial charge on any atom is 0.250 e. The fourth-order valence-corrected chi connectivity index (χ4v) is 2.95. The van der Waals surface area contributed by atoms with Gasteiger partial charge in [0.2, 0.25) is 5.91 Å². The van der Waals surface area contributed by atoms with Gasteiger partial charge in [-0.05, 0) is 43.4 Å². The highest BCUT2D eigenvalue weighted by Gasteiger charge is 2.16. The maximum absolute atomic E-state index is 11.1. The molecule has 1 aliphatic rings. The maximum atomic E-state index is 11.1. The normalized spacial score (nSPS) is 23.7. The summed E-state index contributed by atoms with van der Waals surface area (Å²) in [4.78, 5) is 11.1. The highest BCUT2D eigenvalue weighted by atomic mass is 35.5. The molecule has 0 radical (unpaired) electrons. The van der Waals surface area contributed by atoms with Gasteiger partial charge in [0.25, 0.3) is 0 Å². The molecule has 1 fully saturated rings. The smallest absolute Gasteiger partial charge is 0.250 e. The number of rotatable bonds is 3. The van der Waals surface area contributed by atoms with Gasteiger partial charge in [0.05, 0.1) is 10.6 Å². The van der Waals surface area contributed by atoms with Crippen molar-refractivity contribution >= 4 is 23.2 Å². The summed E-state index contributed by atoms with van der Waals surface area (Å²) < 4.78 is 0. The van der Waals surface area contributed by atoms with Gasteiger partial charge in [0.1, 0.15) is 0 Å². The molecular weight excluding hydrogens is 260 g/mol. The molecule has 0 spiro atoms. The van der Waals surface area contributed by atoms with Crippen molar-refractivity contribution in [2.24, 2.45) is 11.7 Å². The van der Waals surface area contributed by atoms with Crippen LogP contribution in [0.3, 0.4) is 0 Å². The lowest BCUT2D eigenvalue weighted by Gasteiger charge is -2.18. The van der Waals surface area contributed by atoms with Crippen LogP contribution in [0.1, 0.15) is 49.4 Å². The lowest BCUT2D eigenvalue weighted by molar-refractivity contribution is 0.100. The van der Waals surface area contributed by atoms with E-state index in [2.05, 4.69) is 12.2 Å². The first-order chi connectivity index (χ1) is 9.06. The zero-order valence-corrected chi connectivity index (χ0v) is 12.0. The van der Waals surface area contributed by atoms with Crippen LogP contribution in [0.25, 0.3) is 0 Å². The van der Waals surface area contributed by atoms with Crippen LogP contribution in [0.4, 0.5) is 5.69 Å². The molecule has 2 unspecified atom stereocenters. The topological polar surface area (TPSA) is 55.1 Å². The first-order valence-corrected chi connectivity index (χ1v) is 7.30. The molecule has 1 aliphatic carbocycles. The Hall–Kier alpha value is -1.22.